The summed E-state index contributed by atoms with van der Waals surface area (Å²) < 4.78 is 0. The molecule has 0 atom stereocenters. The first-order valence-corrected chi connectivity index (χ1v) is 3.92. The van der Waals surface area contributed by atoms with Gasteiger partial charge in [-0.05, 0) is 11.8 Å². The molecule has 0 bridgehead atoms. The summed E-state index contributed by atoms with van der Waals surface area (Å²) in [6, 6.07) is 0. The fraction of sp³-hybridized carbons (Fsp3) is 0.875. The molecule has 66 valence electrons. The molecule has 1 amide bonds. The Morgan fingerprint density at radius 3 is 1.45 bits per heavy atom. The monoisotopic (exact) mass is 158 g/mol. The molecule has 0 aliphatic heterocycles. The van der Waals surface area contributed by atoms with Gasteiger partial charge in [0.05, 0.1) is 5.54 Å². The van der Waals surface area contributed by atoms with Crippen LogP contribution in [0.5, 0.6) is 0 Å². The minimum Gasteiger partial charge on any atom is -0.368 e. The van der Waals surface area contributed by atoms with Crippen molar-refractivity contribution < 1.29 is 4.79 Å². The van der Waals surface area contributed by atoms with Crippen molar-refractivity contribution in [3.05, 3.63) is 0 Å². The smallest absolute Gasteiger partial charge is 0.238 e. The molecule has 0 aromatic rings. The average molecular weight is 158 g/mol. The van der Waals surface area contributed by atoms with E-state index in [-0.39, 0.29) is 11.8 Å². The highest BCUT2D eigenvalue weighted by Gasteiger charge is 2.38. The molecule has 0 rings (SSSR count). The van der Waals surface area contributed by atoms with E-state index in [1.165, 1.54) is 0 Å². The number of nitrogens with two attached hydrogens (primary N) is 2. The molecule has 0 aliphatic rings. The van der Waals surface area contributed by atoms with Crippen molar-refractivity contribution in [3.8, 4) is 0 Å². The Morgan fingerprint density at radius 2 is 1.45 bits per heavy atom. The molecular formula is C8H18N2O. The van der Waals surface area contributed by atoms with Crippen molar-refractivity contribution in [3.63, 3.8) is 0 Å². The van der Waals surface area contributed by atoms with Crippen LogP contribution in [0.15, 0.2) is 0 Å². The standard InChI is InChI=1S/C8H18N2O/c1-5(2)8(10,6(3)4)7(9)11/h5-6H,10H2,1-4H3,(H2,9,11). The Bertz CT molecular complexity index is 144. The fourth-order valence-electron chi connectivity index (χ4n) is 1.24. The second-order valence-electron chi connectivity index (χ2n) is 3.61. The average Bonchev–Trinajstić information content (AvgIpc) is 1.84. The van der Waals surface area contributed by atoms with Crippen LogP contribution in [0.4, 0.5) is 0 Å². The second-order valence-corrected chi connectivity index (χ2v) is 3.61. The van der Waals surface area contributed by atoms with Crippen LogP contribution in [0, 0.1) is 11.8 Å². The predicted octanol–water partition coefficient (Wildman–Crippen LogP) is 0.481. The number of rotatable bonds is 3. The Morgan fingerprint density at radius 1 is 1.18 bits per heavy atom. The van der Waals surface area contributed by atoms with Gasteiger partial charge in [-0.25, -0.2) is 0 Å². The Kier molecular flexibility index (Phi) is 3.05. The maximum absolute atomic E-state index is 11.0. The van der Waals surface area contributed by atoms with Crippen LogP contribution >= 0.6 is 0 Å². The van der Waals surface area contributed by atoms with Crippen LogP contribution in [-0.4, -0.2) is 11.4 Å². The molecule has 0 fully saturated rings. The topological polar surface area (TPSA) is 69.1 Å². The molecule has 0 aromatic carbocycles. The molecule has 0 radical (unpaired) electrons. The summed E-state index contributed by atoms with van der Waals surface area (Å²) in [5.74, 6) is -0.248. The predicted molar refractivity (Wildman–Crippen MR) is 45.8 cm³/mol. The first-order valence-electron chi connectivity index (χ1n) is 3.92. The summed E-state index contributed by atoms with van der Waals surface area (Å²) in [5, 5.41) is 0. The third-order valence-electron chi connectivity index (χ3n) is 2.34. The number of hydrogen-bond donors (Lipinski definition) is 2. The van der Waals surface area contributed by atoms with E-state index >= 15 is 0 Å². The molecule has 0 unspecified atom stereocenters. The highest BCUT2D eigenvalue weighted by atomic mass is 16.1. The van der Waals surface area contributed by atoms with Crippen LogP contribution in [-0.2, 0) is 4.79 Å². The van der Waals surface area contributed by atoms with Gasteiger partial charge in [-0.2, -0.15) is 0 Å². The number of carbonyl (C=O) groups is 1. The van der Waals surface area contributed by atoms with Crippen molar-refractivity contribution in [2.75, 3.05) is 0 Å². The molecule has 0 aliphatic carbocycles. The van der Waals surface area contributed by atoms with Gasteiger partial charge in [-0.15, -0.1) is 0 Å². The third kappa shape index (κ3) is 1.71. The molecule has 0 aromatic heterocycles. The SMILES string of the molecule is CC(C)C(N)(C(N)=O)C(C)C. The van der Waals surface area contributed by atoms with E-state index in [1.54, 1.807) is 0 Å². The lowest BCUT2D eigenvalue weighted by Gasteiger charge is -2.33. The van der Waals surface area contributed by atoms with Crippen LogP contribution in [0.1, 0.15) is 27.7 Å². The summed E-state index contributed by atoms with van der Waals surface area (Å²) in [7, 11) is 0. The van der Waals surface area contributed by atoms with E-state index in [1.807, 2.05) is 27.7 Å². The molecule has 0 heterocycles. The second kappa shape index (κ2) is 3.22. The zero-order valence-electron chi connectivity index (χ0n) is 7.72. The van der Waals surface area contributed by atoms with Gasteiger partial charge in [0.1, 0.15) is 0 Å². The van der Waals surface area contributed by atoms with E-state index < -0.39 is 11.4 Å². The summed E-state index contributed by atoms with van der Waals surface area (Å²) in [6.45, 7) is 7.63. The molecule has 4 N–H and O–H groups in total. The lowest BCUT2D eigenvalue weighted by molar-refractivity contribution is -0.126. The maximum Gasteiger partial charge on any atom is 0.238 e. The lowest BCUT2D eigenvalue weighted by Crippen LogP contribution is -2.59. The summed E-state index contributed by atoms with van der Waals surface area (Å²) in [4.78, 5) is 11.0. The number of hydrogen-bond acceptors (Lipinski definition) is 2. The summed E-state index contributed by atoms with van der Waals surface area (Å²) in [5.41, 5.74) is 10.2. The van der Waals surface area contributed by atoms with E-state index in [4.69, 9.17) is 11.5 Å². The van der Waals surface area contributed by atoms with E-state index in [9.17, 15) is 4.79 Å². The van der Waals surface area contributed by atoms with Gasteiger partial charge < -0.3 is 11.5 Å². The maximum atomic E-state index is 11.0. The van der Waals surface area contributed by atoms with Crippen molar-refractivity contribution in [1.29, 1.82) is 0 Å². The Balaban J connectivity index is 4.67. The van der Waals surface area contributed by atoms with E-state index in [0.717, 1.165) is 0 Å². The van der Waals surface area contributed by atoms with Gasteiger partial charge in [0, 0.05) is 0 Å². The summed E-state index contributed by atoms with van der Waals surface area (Å²) in [6.07, 6.45) is 0. The highest BCUT2D eigenvalue weighted by molar-refractivity contribution is 5.85. The largest absolute Gasteiger partial charge is 0.368 e. The normalized spacial score (nSPS) is 12.6. The lowest BCUT2D eigenvalue weighted by atomic mass is 9.77. The van der Waals surface area contributed by atoms with Gasteiger partial charge in [-0.1, -0.05) is 27.7 Å². The molecule has 11 heavy (non-hydrogen) atoms. The summed E-state index contributed by atoms with van der Waals surface area (Å²) >= 11 is 0. The zero-order valence-corrected chi connectivity index (χ0v) is 7.72. The van der Waals surface area contributed by atoms with Crippen LogP contribution in [0.25, 0.3) is 0 Å². The van der Waals surface area contributed by atoms with Crippen LogP contribution in [0.3, 0.4) is 0 Å². The van der Waals surface area contributed by atoms with Crippen LogP contribution < -0.4 is 11.5 Å². The molecular weight excluding hydrogens is 140 g/mol. The van der Waals surface area contributed by atoms with Gasteiger partial charge in [0.15, 0.2) is 0 Å². The minimum atomic E-state index is -0.861. The fourth-order valence-corrected chi connectivity index (χ4v) is 1.24. The first kappa shape index (κ1) is 10.4. The molecule has 0 saturated carbocycles. The number of carbonyl (C=O) groups excluding carboxylic acids is 1. The quantitative estimate of drug-likeness (QED) is 0.627. The van der Waals surface area contributed by atoms with E-state index in [2.05, 4.69) is 0 Å². The Hall–Kier alpha value is -0.570. The third-order valence-corrected chi connectivity index (χ3v) is 2.34. The van der Waals surface area contributed by atoms with Crippen molar-refractivity contribution in [2.45, 2.75) is 33.2 Å². The number of primary amides is 1. The van der Waals surface area contributed by atoms with E-state index in [0.29, 0.717) is 0 Å². The van der Waals surface area contributed by atoms with Gasteiger partial charge >= 0.3 is 0 Å². The number of amides is 1. The molecule has 0 spiro atoms. The van der Waals surface area contributed by atoms with Crippen molar-refractivity contribution in [2.24, 2.45) is 23.3 Å². The highest BCUT2D eigenvalue weighted by Crippen LogP contribution is 2.22. The zero-order chi connectivity index (χ0) is 9.23. The van der Waals surface area contributed by atoms with Gasteiger partial charge in [0.25, 0.3) is 0 Å². The first-order chi connectivity index (χ1) is 4.83. The van der Waals surface area contributed by atoms with Gasteiger partial charge in [-0.3, -0.25) is 4.79 Å². The van der Waals surface area contributed by atoms with Crippen molar-refractivity contribution >= 4 is 5.91 Å². The molecule has 3 nitrogen and oxygen atoms in total. The van der Waals surface area contributed by atoms with Gasteiger partial charge in [0.2, 0.25) is 5.91 Å². The molecule has 0 saturated heterocycles. The van der Waals surface area contributed by atoms with Crippen molar-refractivity contribution in [1.82, 2.24) is 0 Å². The minimum absolute atomic E-state index is 0.0833. The van der Waals surface area contributed by atoms with Crippen LogP contribution in [0.2, 0.25) is 0 Å². The Labute approximate surface area is 68.1 Å². The molecule has 3 heteroatoms.